The topological polar surface area (TPSA) is 32.7 Å². The van der Waals surface area contributed by atoms with E-state index in [9.17, 15) is 5.11 Å². The van der Waals surface area contributed by atoms with Gasteiger partial charge in [0.2, 0.25) is 0 Å². The summed E-state index contributed by atoms with van der Waals surface area (Å²) in [5, 5.41) is 10.5. The SMILES string of the molecule is OC(COc1ccccc1)C1CCCN1Cc1ccccc1. The molecular formula is C19H23NO2. The highest BCUT2D eigenvalue weighted by molar-refractivity contribution is 5.21. The van der Waals surface area contributed by atoms with E-state index in [0.29, 0.717) is 6.61 Å². The molecule has 0 bridgehead atoms. The Balaban J connectivity index is 1.55. The molecule has 3 nitrogen and oxygen atoms in total. The number of likely N-dealkylation sites (tertiary alicyclic amines) is 1. The van der Waals surface area contributed by atoms with Crippen molar-refractivity contribution in [2.45, 2.75) is 31.5 Å². The van der Waals surface area contributed by atoms with Gasteiger partial charge in [0.15, 0.2) is 0 Å². The van der Waals surface area contributed by atoms with Gasteiger partial charge in [0.25, 0.3) is 0 Å². The largest absolute Gasteiger partial charge is 0.491 e. The van der Waals surface area contributed by atoms with Crippen LogP contribution in [0.15, 0.2) is 60.7 Å². The number of aliphatic hydroxyl groups is 1. The molecule has 0 spiro atoms. The Hall–Kier alpha value is -1.84. The molecule has 2 aromatic carbocycles. The molecule has 22 heavy (non-hydrogen) atoms. The van der Waals surface area contributed by atoms with E-state index in [1.807, 2.05) is 36.4 Å². The van der Waals surface area contributed by atoms with Gasteiger partial charge >= 0.3 is 0 Å². The van der Waals surface area contributed by atoms with E-state index in [2.05, 4.69) is 29.2 Å². The molecule has 1 aliphatic rings. The predicted octanol–water partition coefficient (Wildman–Crippen LogP) is 3.09. The molecule has 2 aromatic rings. The minimum absolute atomic E-state index is 0.184. The van der Waals surface area contributed by atoms with Crippen LogP contribution < -0.4 is 4.74 Å². The third kappa shape index (κ3) is 3.87. The zero-order valence-electron chi connectivity index (χ0n) is 12.8. The molecule has 0 aliphatic carbocycles. The second-order valence-corrected chi connectivity index (χ2v) is 5.86. The summed E-state index contributed by atoms with van der Waals surface area (Å²) in [4.78, 5) is 2.37. The van der Waals surface area contributed by atoms with Crippen molar-refractivity contribution in [1.29, 1.82) is 0 Å². The van der Waals surface area contributed by atoms with Gasteiger partial charge in [0.1, 0.15) is 18.5 Å². The predicted molar refractivity (Wildman–Crippen MR) is 87.8 cm³/mol. The molecule has 116 valence electrons. The Bertz CT molecular complexity index is 558. The molecule has 3 rings (SSSR count). The Morgan fingerprint density at radius 1 is 1.05 bits per heavy atom. The lowest BCUT2D eigenvalue weighted by Gasteiger charge is -2.28. The lowest BCUT2D eigenvalue weighted by Crippen LogP contribution is -2.41. The van der Waals surface area contributed by atoms with Crippen LogP contribution in [0.3, 0.4) is 0 Å². The zero-order chi connectivity index (χ0) is 15.2. The zero-order valence-corrected chi connectivity index (χ0v) is 12.8. The molecule has 0 saturated carbocycles. The summed E-state index contributed by atoms with van der Waals surface area (Å²) >= 11 is 0. The molecule has 1 heterocycles. The van der Waals surface area contributed by atoms with Crippen molar-refractivity contribution in [2.75, 3.05) is 13.2 Å². The molecule has 0 aromatic heterocycles. The van der Waals surface area contributed by atoms with Crippen molar-refractivity contribution in [1.82, 2.24) is 4.90 Å². The smallest absolute Gasteiger partial charge is 0.119 e. The van der Waals surface area contributed by atoms with Crippen LogP contribution >= 0.6 is 0 Å². The number of para-hydroxylation sites is 1. The fourth-order valence-electron chi connectivity index (χ4n) is 3.11. The fourth-order valence-corrected chi connectivity index (χ4v) is 3.11. The third-order valence-corrected chi connectivity index (χ3v) is 4.25. The molecule has 0 amide bonds. The Morgan fingerprint density at radius 2 is 1.73 bits per heavy atom. The van der Waals surface area contributed by atoms with Crippen LogP contribution in [0, 0.1) is 0 Å². The fraction of sp³-hybridized carbons (Fsp3) is 0.368. The van der Waals surface area contributed by atoms with E-state index >= 15 is 0 Å². The highest BCUT2D eigenvalue weighted by Crippen LogP contribution is 2.23. The minimum Gasteiger partial charge on any atom is -0.491 e. The van der Waals surface area contributed by atoms with E-state index in [1.54, 1.807) is 0 Å². The van der Waals surface area contributed by atoms with Gasteiger partial charge in [-0.05, 0) is 37.1 Å². The lowest BCUT2D eigenvalue weighted by atomic mass is 10.1. The highest BCUT2D eigenvalue weighted by Gasteiger charge is 2.30. The van der Waals surface area contributed by atoms with E-state index in [-0.39, 0.29) is 6.04 Å². The normalized spacial score (nSPS) is 20.0. The maximum Gasteiger partial charge on any atom is 0.119 e. The Morgan fingerprint density at radius 3 is 2.45 bits per heavy atom. The maximum absolute atomic E-state index is 10.5. The summed E-state index contributed by atoms with van der Waals surface area (Å²) in [5.74, 6) is 0.814. The first-order valence-electron chi connectivity index (χ1n) is 7.97. The van der Waals surface area contributed by atoms with Gasteiger partial charge in [-0.1, -0.05) is 48.5 Å². The number of rotatable bonds is 6. The van der Waals surface area contributed by atoms with Crippen LogP contribution in [-0.2, 0) is 6.54 Å². The van der Waals surface area contributed by atoms with Gasteiger partial charge in [-0.2, -0.15) is 0 Å². The summed E-state index contributed by atoms with van der Waals surface area (Å²) in [6, 6.07) is 20.3. The van der Waals surface area contributed by atoms with Gasteiger partial charge in [-0.3, -0.25) is 4.90 Å². The second-order valence-electron chi connectivity index (χ2n) is 5.86. The molecular weight excluding hydrogens is 274 g/mol. The number of ether oxygens (including phenoxy) is 1. The lowest BCUT2D eigenvalue weighted by molar-refractivity contribution is 0.0328. The summed E-state index contributed by atoms with van der Waals surface area (Å²) in [6.07, 6.45) is 1.72. The van der Waals surface area contributed by atoms with Crippen LogP contribution in [0.2, 0.25) is 0 Å². The van der Waals surface area contributed by atoms with Crippen molar-refractivity contribution < 1.29 is 9.84 Å². The van der Waals surface area contributed by atoms with Crippen LogP contribution in [0.5, 0.6) is 5.75 Å². The number of nitrogens with zero attached hydrogens (tertiary/aromatic N) is 1. The summed E-state index contributed by atoms with van der Waals surface area (Å²) in [5.41, 5.74) is 1.30. The maximum atomic E-state index is 10.5. The van der Waals surface area contributed by atoms with Crippen LogP contribution in [-0.4, -0.2) is 35.3 Å². The Labute approximate surface area is 132 Å². The molecule has 3 heteroatoms. The van der Waals surface area contributed by atoms with Gasteiger partial charge < -0.3 is 9.84 Å². The van der Waals surface area contributed by atoms with E-state index in [0.717, 1.165) is 31.7 Å². The van der Waals surface area contributed by atoms with E-state index in [1.165, 1.54) is 5.56 Å². The quantitative estimate of drug-likeness (QED) is 0.889. The number of hydrogen-bond donors (Lipinski definition) is 1. The molecule has 1 saturated heterocycles. The van der Waals surface area contributed by atoms with Crippen molar-refractivity contribution in [3.8, 4) is 5.75 Å². The first-order valence-corrected chi connectivity index (χ1v) is 7.97. The number of benzene rings is 2. The molecule has 2 atom stereocenters. The van der Waals surface area contributed by atoms with Crippen LogP contribution in [0.4, 0.5) is 0 Å². The van der Waals surface area contributed by atoms with Gasteiger partial charge in [0, 0.05) is 12.6 Å². The average Bonchev–Trinajstić information content (AvgIpc) is 3.03. The van der Waals surface area contributed by atoms with Gasteiger partial charge in [0.05, 0.1) is 0 Å². The summed E-state index contributed by atoms with van der Waals surface area (Å²) in [6.45, 7) is 2.29. The summed E-state index contributed by atoms with van der Waals surface area (Å²) < 4.78 is 5.70. The Kier molecular flexibility index (Phi) is 5.09. The minimum atomic E-state index is -0.452. The number of aliphatic hydroxyl groups excluding tert-OH is 1. The molecule has 1 fully saturated rings. The van der Waals surface area contributed by atoms with Crippen LogP contribution in [0.25, 0.3) is 0 Å². The van der Waals surface area contributed by atoms with Crippen molar-refractivity contribution in [3.05, 3.63) is 66.2 Å². The van der Waals surface area contributed by atoms with Gasteiger partial charge in [-0.15, -0.1) is 0 Å². The molecule has 1 aliphatic heterocycles. The van der Waals surface area contributed by atoms with Crippen molar-refractivity contribution in [3.63, 3.8) is 0 Å². The first-order chi connectivity index (χ1) is 10.8. The van der Waals surface area contributed by atoms with Crippen molar-refractivity contribution >= 4 is 0 Å². The molecule has 0 radical (unpaired) electrons. The third-order valence-electron chi connectivity index (χ3n) is 4.25. The van der Waals surface area contributed by atoms with Crippen LogP contribution in [0.1, 0.15) is 18.4 Å². The number of hydrogen-bond acceptors (Lipinski definition) is 3. The molecule has 2 unspecified atom stereocenters. The first kappa shape index (κ1) is 15.1. The van der Waals surface area contributed by atoms with E-state index < -0.39 is 6.10 Å². The summed E-state index contributed by atoms with van der Waals surface area (Å²) in [7, 11) is 0. The highest BCUT2D eigenvalue weighted by atomic mass is 16.5. The van der Waals surface area contributed by atoms with Crippen molar-refractivity contribution in [2.24, 2.45) is 0 Å². The van der Waals surface area contributed by atoms with E-state index in [4.69, 9.17) is 4.74 Å². The molecule has 1 N–H and O–H groups in total. The second kappa shape index (κ2) is 7.43. The average molecular weight is 297 g/mol. The standard InChI is InChI=1S/C19H23NO2/c21-19(15-22-17-10-5-2-6-11-17)18-12-7-13-20(18)14-16-8-3-1-4-9-16/h1-6,8-11,18-19,21H,7,12-15H2. The monoisotopic (exact) mass is 297 g/mol. The van der Waals surface area contributed by atoms with Gasteiger partial charge in [-0.25, -0.2) is 0 Å².